The molecule has 1 aliphatic rings. The fourth-order valence-electron chi connectivity index (χ4n) is 2.69. The van der Waals surface area contributed by atoms with Gasteiger partial charge >= 0.3 is 11.7 Å². The van der Waals surface area contributed by atoms with E-state index in [1.807, 2.05) is 0 Å². The number of hydrogen-bond donors (Lipinski definition) is 3. The van der Waals surface area contributed by atoms with E-state index in [1.54, 1.807) is 31.2 Å². The molecule has 4 N–H and O–H groups in total. The third kappa shape index (κ3) is 3.03. The summed E-state index contributed by atoms with van der Waals surface area (Å²) in [6.45, 7) is 1.77. The van der Waals surface area contributed by atoms with Gasteiger partial charge in [0.25, 0.3) is 5.56 Å². The van der Waals surface area contributed by atoms with Crippen LogP contribution in [0.15, 0.2) is 45.3 Å². The van der Waals surface area contributed by atoms with Crippen molar-refractivity contribution in [1.29, 1.82) is 0 Å². The molecule has 3 rings (SSSR count). The van der Waals surface area contributed by atoms with Crippen LogP contribution in [0.3, 0.4) is 0 Å². The van der Waals surface area contributed by atoms with Crippen molar-refractivity contribution in [2.75, 3.05) is 6.61 Å². The number of hydrogen-bond acceptors (Lipinski definition) is 6. The van der Waals surface area contributed by atoms with Gasteiger partial charge in [-0.05, 0) is 24.6 Å². The van der Waals surface area contributed by atoms with Gasteiger partial charge in [0.05, 0.1) is 18.1 Å². The van der Waals surface area contributed by atoms with Crippen molar-refractivity contribution in [3.05, 3.63) is 72.7 Å². The number of H-pyrrole nitrogens is 2. The van der Waals surface area contributed by atoms with Crippen molar-refractivity contribution in [1.82, 2.24) is 9.97 Å². The summed E-state index contributed by atoms with van der Waals surface area (Å²) in [6.07, 6.45) is 0. The maximum Gasteiger partial charge on any atom is 0.340 e. The average molecular weight is 364 g/mol. The number of rotatable bonds is 3. The third-order valence-electron chi connectivity index (χ3n) is 3.70. The summed E-state index contributed by atoms with van der Waals surface area (Å²) in [5.74, 6) is -1.94. The van der Waals surface area contributed by atoms with Crippen molar-refractivity contribution in [2.45, 2.75) is 12.8 Å². The Balaban J connectivity index is 2.27. The van der Waals surface area contributed by atoms with E-state index in [0.717, 1.165) is 0 Å². The number of benzene rings is 1. The third-order valence-corrected chi connectivity index (χ3v) is 3.95. The van der Waals surface area contributed by atoms with Crippen LogP contribution in [0.5, 0.6) is 5.88 Å². The van der Waals surface area contributed by atoms with E-state index < -0.39 is 23.1 Å². The van der Waals surface area contributed by atoms with E-state index in [-0.39, 0.29) is 29.5 Å². The van der Waals surface area contributed by atoms with E-state index >= 15 is 0 Å². The number of nitrogens with two attached hydrogens (primary N) is 1. The van der Waals surface area contributed by atoms with E-state index in [9.17, 15) is 14.4 Å². The minimum absolute atomic E-state index is 0.0192. The minimum Gasteiger partial charge on any atom is -0.462 e. The van der Waals surface area contributed by atoms with Crippen LogP contribution in [0.25, 0.3) is 0 Å². The molecule has 0 saturated heterocycles. The Labute approximate surface area is 146 Å². The molecule has 0 aliphatic carbocycles. The summed E-state index contributed by atoms with van der Waals surface area (Å²) in [7, 11) is 0. The molecule has 9 heteroatoms. The van der Waals surface area contributed by atoms with Crippen molar-refractivity contribution in [3.63, 3.8) is 0 Å². The van der Waals surface area contributed by atoms with Crippen LogP contribution in [-0.4, -0.2) is 22.5 Å². The second-order valence-corrected chi connectivity index (χ2v) is 5.67. The van der Waals surface area contributed by atoms with Gasteiger partial charge in [0.1, 0.15) is 5.57 Å². The average Bonchev–Trinajstić information content (AvgIpc) is 2.54. The lowest BCUT2D eigenvalue weighted by atomic mass is 9.84. The van der Waals surface area contributed by atoms with Crippen LogP contribution < -0.4 is 21.7 Å². The van der Waals surface area contributed by atoms with Gasteiger partial charge in [-0.15, -0.1) is 0 Å². The van der Waals surface area contributed by atoms with E-state index in [0.29, 0.717) is 10.6 Å². The smallest absolute Gasteiger partial charge is 0.340 e. The zero-order valence-electron chi connectivity index (χ0n) is 13.1. The molecule has 0 fully saturated rings. The summed E-state index contributed by atoms with van der Waals surface area (Å²) in [6, 6.07) is 6.54. The number of aromatic amines is 2. The first-order valence-electron chi connectivity index (χ1n) is 7.39. The first-order valence-corrected chi connectivity index (χ1v) is 7.76. The number of fused-ring (bicyclic) bond motifs is 1. The molecule has 25 heavy (non-hydrogen) atoms. The van der Waals surface area contributed by atoms with Gasteiger partial charge < -0.3 is 15.2 Å². The summed E-state index contributed by atoms with van der Waals surface area (Å²) >= 11 is 5.91. The topological polar surface area (TPSA) is 127 Å². The molecular weight excluding hydrogens is 350 g/mol. The molecule has 1 aromatic heterocycles. The molecule has 0 amide bonds. The molecule has 1 atom stereocenters. The highest BCUT2D eigenvalue weighted by atomic mass is 35.5. The van der Waals surface area contributed by atoms with Gasteiger partial charge in [-0.3, -0.25) is 14.8 Å². The van der Waals surface area contributed by atoms with Crippen LogP contribution in [0.1, 0.15) is 24.0 Å². The zero-order chi connectivity index (χ0) is 18.1. The monoisotopic (exact) mass is 363 g/mol. The van der Waals surface area contributed by atoms with Crippen molar-refractivity contribution in [3.8, 4) is 5.88 Å². The van der Waals surface area contributed by atoms with Gasteiger partial charge in [0, 0.05) is 5.02 Å². The van der Waals surface area contributed by atoms with Gasteiger partial charge in [0.2, 0.25) is 11.8 Å². The molecule has 8 nitrogen and oxygen atoms in total. The zero-order valence-corrected chi connectivity index (χ0v) is 13.8. The van der Waals surface area contributed by atoms with Crippen LogP contribution in [0.2, 0.25) is 5.02 Å². The lowest BCUT2D eigenvalue weighted by Crippen LogP contribution is -2.35. The number of carbonyl (C=O) groups excluding carboxylic acids is 1. The number of halogens is 1. The fourth-order valence-corrected chi connectivity index (χ4v) is 2.81. The maximum absolute atomic E-state index is 12.4. The number of aromatic nitrogens is 2. The van der Waals surface area contributed by atoms with Crippen molar-refractivity contribution < 1.29 is 14.3 Å². The lowest BCUT2D eigenvalue weighted by molar-refractivity contribution is -0.139. The summed E-state index contributed by atoms with van der Waals surface area (Å²) in [4.78, 5) is 40.8. The van der Waals surface area contributed by atoms with E-state index in [2.05, 4.69) is 9.97 Å². The highest BCUT2D eigenvalue weighted by molar-refractivity contribution is 6.30. The maximum atomic E-state index is 12.4. The number of esters is 1. The van der Waals surface area contributed by atoms with Crippen molar-refractivity contribution >= 4 is 17.6 Å². The fraction of sp³-hybridized carbons (Fsp3) is 0.188. The molecule has 1 aliphatic heterocycles. The Bertz CT molecular complexity index is 975. The van der Waals surface area contributed by atoms with Crippen LogP contribution >= 0.6 is 11.6 Å². The molecule has 2 heterocycles. The minimum atomic E-state index is -0.874. The quantitative estimate of drug-likeness (QED) is 0.697. The largest absolute Gasteiger partial charge is 0.462 e. The molecule has 1 aromatic carbocycles. The highest BCUT2D eigenvalue weighted by Gasteiger charge is 2.38. The number of carbonyl (C=O) groups is 1. The standard InChI is InChI=1S/C16H14ClN3O5/c1-2-24-15(22)10-9(7-3-5-8(17)6-4-7)11-13(21)19-16(23)20-14(11)25-12(10)18/h3-6,9H,2,18H2,1H3,(H2,19,20,21,23). The van der Waals surface area contributed by atoms with E-state index in [1.165, 1.54) is 0 Å². The van der Waals surface area contributed by atoms with Crippen molar-refractivity contribution in [2.24, 2.45) is 5.73 Å². The van der Waals surface area contributed by atoms with Crippen LogP contribution in [-0.2, 0) is 9.53 Å². The first kappa shape index (κ1) is 16.8. The van der Waals surface area contributed by atoms with Gasteiger partial charge in [-0.2, -0.15) is 0 Å². The Morgan fingerprint density at radius 1 is 1.28 bits per heavy atom. The summed E-state index contributed by atoms with van der Waals surface area (Å²) in [5, 5.41) is 0.487. The molecule has 130 valence electrons. The molecule has 2 aromatic rings. The molecule has 0 saturated carbocycles. The number of ether oxygens (including phenoxy) is 2. The normalized spacial score (nSPS) is 16.2. The summed E-state index contributed by atoms with van der Waals surface area (Å²) < 4.78 is 10.3. The van der Waals surface area contributed by atoms with Gasteiger partial charge in [0.15, 0.2) is 0 Å². The van der Waals surface area contributed by atoms with Crippen LogP contribution in [0, 0.1) is 0 Å². The Morgan fingerprint density at radius 2 is 1.96 bits per heavy atom. The Morgan fingerprint density at radius 3 is 2.60 bits per heavy atom. The highest BCUT2D eigenvalue weighted by Crippen LogP contribution is 2.39. The second-order valence-electron chi connectivity index (χ2n) is 5.24. The second kappa shape index (κ2) is 6.48. The lowest BCUT2D eigenvalue weighted by Gasteiger charge is -2.26. The predicted molar refractivity (Wildman–Crippen MR) is 89.5 cm³/mol. The first-order chi connectivity index (χ1) is 11.9. The molecule has 0 bridgehead atoms. The molecule has 0 radical (unpaired) electrons. The molecular formula is C16H14ClN3O5. The number of nitrogens with one attached hydrogen (secondary N) is 2. The SMILES string of the molecule is CCOC(=O)C1=C(N)Oc2[nH]c(=O)[nH]c(=O)c2C1c1ccc(Cl)cc1. The van der Waals surface area contributed by atoms with Gasteiger partial charge in [-0.25, -0.2) is 9.59 Å². The van der Waals surface area contributed by atoms with Crippen LogP contribution in [0.4, 0.5) is 0 Å². The Kier molecular flexibility index (Phi) is 4.37. The molecule has 0 spiro atoms. The Hall–Kier alpha value is -3.00. The van der Waals surface area contributed by atoms with E-state index in [4.69, 9.17) is 26.8 Å². The predicted octanol–water partition coefficient (Wildman–Crippen LogP) is 0.974. The van der Waals surface area contributed by atoms with Gasteiger partial charge in [-0.1, -0.05) is 23.7 Å². The summed E-state index contributed by atoms with van der Waals surface area (Å²) in [5.41, 5.74) is 5.05. The molecule has 1 unspecified atom stereocenters.